The molecule has 0 spiro atoms. The van der Waals surface area contributed by atoms with E-state index >= 15 is 0 Å². The standard InChI is InChI=1S/C63H62N10O8/c1-36-12-18-39(19-13-36)57-43-24-26-45(68-43)58(40-20-14-37(2)15-21-40)47-28-30-49(70-47)60(50-31-29-48(71-50)59(46-27-25-44(57)69-46)41-22-16-38(3)17-23-41)42-8-4-5-10-53(42)81-33-7-11-54(74)72-51(9-6-32-66-63(64)65)61(78)67-35-55(75)73-52(62(79)80)34-56(76)77/h4-5,8,10,12-31,51-52,68,71H,6-7,9,11,32-35H2,1-3H3,(H,67,78)(H,72,74)(H,73,75)(H,76,77)(H,79,80)(H4,64,65,66). The number of nitrogens with zero attached hydrogens (tertiary/aromatic N) is 2. The molecule has 8 bridgehead atoms. The van der Waals surface area contributed by atoms with E-state index in [1.807, 2.05) is 42.5 Å². The first-order valence-electron chi connectivity index (χ1n) is 26.6. The summed E-state index contributed by atoms with van der Waals surface area (Å²) in [7, 11) is 0. The smallest absolute Gasteiger partial charge is 0.326 e. The van der Waals surface area contributed by atoms with Crippen LogP contribution >= 0.6 is 0 Å². The largest absolute Gasteiger partial charge is 0.493 e. The van der Waals surface area contributed by atoms with Crippen molar-refractivity contribution in [2.45, 2.75) is 65.0 Å². The fourth-order valence-corrected chi connectivity index (χ4v) is 9.75. The Labute approximate surface area is 467 Å². The van der Waals surface area contributed by atoms with E-state index in [1.165, 1.54) is 0 Å². The first-order chi connectivity index (χ1) is 39.1. The molecule has 3 aromatic heterocycles. The van der Waals surface area contributed by atoms with Crippen molar-refractivity contribution < 1.29 is 38.9 Å². The summed E-state index contributed by atoms with van der Waals surface area (Å²) in [6, 6.07) is 38.4. The molecule has 4 aromatic carbocycles. The zero-order valence-corrected chi connectivity index (χ0v) is 45.0. The average Bonchev–Trinajstić information content (AvgIpc) is 4.40. The molecule has 11 N–H and O–H groups in total. The quantitative estimate of drug-likeness (QED) is 0.0183. The molecule has 5 heterocycles. The first kappa shape index (κ1) is 55.6. The Bertz CT molecular complexity index is 3740. The number of rotatable bonds is 21. The zero-order valence-electron chi connectivity index (χ0n) is 45.0. The number of H-pyrrole nitrogens is 2. The minimum atomic E-state index is -1.71. The highest BCUT2D eigenvalue weighted by Crippen LogP contribution is 2.40. The molecular formula is C63H62N10O8. The molecule has 3 amide bonds. The Hall–Kier alpha value is -10.1. The van der Waals surface area contributed by atoms with E-state index in [1.54, 1.807) is 0 Å². The summed E-state index contributed by atoms with van der Waals surface area (Å²) in [6.07, 6.45) is 7.92. The monoisotopic (exact) mass is 1090 g/mol. The second-order valence-corrected chi connectivity index (χ2v) is 19.9. The van der Waals surface area contributed by atoms with Gasteiger partial charge in [0.2, 0.25) is 17.7 Å². The second kappa shape index (κ2) is 25.1. The van der Waals surface area contributed by atoms with Crippen LogP contribution in [0, 0.1) is 26.2 Å². The van der Waals surface area contributed by atoms with E-state index in [9.17, 15) is 29.1 Å². The highest BCUT2D eigenvalue weighted by atomic mass is 16.5. The molecule has 0 saturated carbocycles. The molecule has 7 aromatic rings. The number of carboxylic acids is 2. The summed E-state index contributed by atoms with van der Waals surface area (Å²) in [4.78, 5) is 80.5. The van der Waals surface area contributed by atoms with E-state index in [0.29, 0.717) is 17.9 Å². The molecule has 18 heteroatoms. The minimum Gasteiger partial charge on any atom is -0.493 e. The lowest BCUT2D eigenvalue weighted by Crippen LogP contribution is -2.51. The second-order valence-electron chi connectivity index (χ2n) is 19.9. The molecule has 81 heavy (non-hydrogen) atoms. The van der Waals surface area contributed by atoms with Crippen LogP contribution in [0.4, 0.5) is 0 Å². The van der Waals surface area contributed by atoms with E-state index < -0.39 is 54.7 Å². The number of carbonyl (C=O) groups is 5. The van der Waals surface area contributed by atoms with Crippen LogP contribution in [0.25, 0.3) is 90.9 Å². The SMILES string of the molecule is Cc1ccc(-c2c3nc(c(-c4ccc(C)cc4)c4ccc([nH]4)c(-c4ccccc4OCCCC(=O)NC(CCCNC(=N)N)C(=O)NCC(=O)NC(CC(=O)O)C(=O)O)c4nc(c(-c5ccc(C)cc5)c5ccc2[nH]5)C=C4)C=C3)cc1. The third kappa shape index (κ3) is 13.6. The molecule has 18 nitrogen and oxygen atoms in total. The van der Waals surface area contributed by atoms with E-state index in [4.69, 9.17) is 31.0 Å². The fourth-order valence-electron chi connectivity index (χ4n) is 9.75. The average molecular weight is 1090 g/mol. The van der Waals surface area contributed by atoms with Gasteiger partial charge in [0.25, 0.3) is 0 Å². The van der Waals surface area contributed by atoms with Crippen LogP contribution in [0.15, 0.2) is 121 Å². The first-order valence-corrected chi connectivity index (χ1v) is 26.6. The number of hydrogen-bond donors (Lipinski definition) is 10. The molecule has 2 aliphatic heterocycles. The van der Waals surface area contributed by atoms with Crippen molar-refractivity contribution in [2.24, 2.45) is 5.73 Å². The number of fused-ring (bicyclic) bond motifs is 8. The molecule has 9 rings (SSSR count). The number of aryl methyl sites for hydroxylation is 3. The number of guanidine groups is 1. The van der Waals surface area contributed by atoms with Crippen molar-refractivity contribution in [3.8, 4) is 50.3 Å². The van der Waals surface area contributed by atoms with Crippen LogP contribution in [0.1, 0.15) is 71.6 Å². The van der Waals surface area contributed by atoms with Crippen LogP contribution in [0.2, 0.25) is 0 Å². The summed E-state index contributed by atoms with van der Waals surface area (Å²) in [6.45, 7) is 5.85. The highest BCUT2D eigenvalue weighted by Gasteiger charge is 2.26. The van der Waals surface area contributed by atoms with Gasteiger partial charge in [-0.25, -0.2) is 14.8 Å². The lowest BCUT2D eigenvalue weighted by atomic mass is 10.0. The summed E-state index contributed by atoms with van der Waals surface area (Å²) < 4.78 is 6.55. The van der Waals surface area contributed by atoms with Crippen molar-refractivity contribution in [3.63, 3.8) is 0 Å². The number of hydrogen-bond acceptors (Lipinski definition) is 9. The van der Waals surface area contributed by atoms with Gasteiger partial charge in [0.15, 0.2) is 5.96 Å². The van der Waals surface area contributed by atoms with E-state index in [0.717, 1.165) is 100 Å². The molecule has 2 unspecified atom stereocenters. The number of nitrogens with one attached hydrogen (secondary N) is 7. The Balaban J connectivity index is 1.07. The topological polar surface area (TPSA) is 290 Å². The number of aliphatic carboxylic acids is 2. The van der Waals surface area contributed by atoms with Crippen LogP contribution in [0.3, 0.4) is 0 Å². The van der Waals surface area contributed by atoms with Crippen molar-refractivity contribution >= 4 is 82.0 Å². The van der Waals surface area contributed by atoms with Gasteiger partial charge in [-0.15, -0.1) is 0 Å². The molecular weight excluding hydrogens is 1020 g/mol. The Morgan fingerprint density at radius 1 is 0.580 bits per heavy atom. The molecule has 0 aliphatic carbocycles. The van der Waals surface area contributed by atoms with Gasteiger partial charge in [0.1, 0.15) is 17.8 Å². The summed E-state index contributed by atoms with van der Waals surface area (Å²) >= 11 is 0. The summed E-state index contributed by atoms with van der Waals surface area (Å²) in [5.74, 6) is -4.87. The van der Waals surface area contributed by atoms with Gasteiger partial charge < -0.3 is 51.9 Å². The lowest BCUT2D eigenvalue weighted by molar-refractivity contribution is -0.147. The number of carbonyl (C=O) groups excluding carboxylic acids is 3. The minimum absolute atomic E-state index is 0.0462. The van der Waals surface area contributed by atoms with Crippen molar-refractivity contribution in [1.82, 2.24) is 41.2 Å². The maximum Gasteiger partial charge on any atom is 0.326 e. The van der Waals surface area contributed by atoms with Gasteiger partial charge in [0, 0.05) is 62.8 Å². The van der Waals surface area contributed by atoms with Crippen molar-refractivity contribution in [3.05, 3.63) is 161 Å². The number of nitrogens with two attached hydrogens (primary N) is 1. The number of benzene rings is 4. The molecule has 0 fully saturated rings. The number of para-hydroxylation sites is 1. The zero-order chi connectivity index (χ0) is 57.2. The predicted molar refractivity (Wildman–Crippen MR) is 315 cm³/mol. The third-order valence-corrected chi connectivity index (χ3v) is 13.8. The van der Waals surface area contributed by atoms with Gasteiger partial charge in [-0.2, -0.15) is 0 Å². The number of ether oxygens (including phenoxy) is 1. The predicted octanol–water partition coefficient (Wildman–Crippen LogP) is 9.32. The normalized spacial score (nSPS) is 12.3. The summed E-state index contributed by atoms with van der Waals surface area (Å²) in [5, 5.41) is 35.7. The number of amides is 3. The number of aromatic nitrogens is 4. The van der Waals surface area contributed by atoms with Gasteiger partial charge in [-0.3, -0.25) is 24.6 Å². The lowest BCUT2D eigenvalue weighted by Gasteiger charge is -2.19. The molecule has 0 saturated heterocycles. The van der Waals surface area contributed by atoms with Gasteiger partial charge in [-0.05, 0) is 111 Å². The summed E-state index contributed by atoms with van der Waals surface area (Å²) in [5.41, 5.74) is 22.4. The van der Waals surface area contributed by atoms with Crippen LogP contribution < -0.4 is 31.7 Å². The maximum atomic E-state index is 13.5. The van der Waals surface area contributed by atoms with Crippen molar-refractivity contribution in [1.29, 1.82) is 5.41 Å². The maximum absolute atomic E-state index is 13.5. The van der Waals surface area contributed by atoms with Crippen molar-refractivity contribution in [2.75, 3.05) is 19.7 Å². The molecule has 0 radical (unpaired) electrons. The number of aromatic amines is 2. The number of carboxylic acid groups (broad SMARTS) is 2. The van der Waals surface area contributed by atoms with Crippen LogP contribution in [-0.4, -0.2) is 97.5 Å². The Morgan fingerprint density at radius 2 is 1.04 bits per heavy atom. The van der Waals surface area contributed by atoms with E-state index in [-0.39, 0.29) is 38.4 Å². The fraction of sp³-hybridized carbons (Fsp3) is 0.206. The Kier molecular flexibility index (Phi) is 17.3. The van der Waals surface area contributed by atoms with Crippen LogP contribution in [-0.2, 0) is 24.0 Å². The van der Waals surface area contributed by atoms with Gasteiger partial charge >= 0.3 is 11.9 Å². The Morgan fingerprint density at radius 3 is 1.51 bits per heavy atom. The van der Waals surface area contributed by atoms with Gasteiger partial charge in [-0.1, -0.05) is 108 Å². The molecule has 2 atom stereocenters. The van der Waals surface area contributed by atoms with Gasteiger partial charge in [0.05, 0.1) is 42.3 Å². The van der Waals surface area contributed by atoms with Crippen LogP contribution in [0.5, 0.6) is 5.75 Å². The molecule has 412 valence electrons. The third-order valence-electron chi connectivity index (χ3n) is 13.8. The molecule has 2 aliphatic rings. The highest BCUT2D eigenvalue weighted by molar-refractivity contribution is 6.01. The van der Waals surface area contributed by atoms with E-state index in [2.05, 4.69) is 155 Å².